The van der Waals surface area contributed by atoms with Gasteiger partial charge in [0, 0.05) is 37.9 Å². The highest BCUT2D eigenvalue weighted by Crippen LogP contribution is 2.42. The van der Waals surface area contributed by atoms with E-state index in [1.54, 1.807) is 24.5 Å². The Morgan fingerprint density at radius 1 is 1.22 bits per heavy atom. The Balaban J connectivity index is 1.36. The lowest BCUT2D eigenvalue weighted by atomic mass is 10.0. The van der Waals surface area contributed by atoms with E-state index in [-0.39, 0.29) is 31.2 Å². The largest absolute Gasteiger partial charge is 0.322 e. The van der Waals surface area contributed by atoms with Crippen LogP contribution in [0.25, 0.3) is 0 Å². The highest BCUT2D eigenvalue weighted by atomic mass is 19.2. The molecule has 3 heterocycles. The minimum absolute atomic E-state index is 0.114. The van der Waals surface area contributed by atoms with Gasteiger partial charge in [0.25, 0.3) is 0 Å². The van der Waals surface area contributed by atoms with Crippen LogP contribution in [0, 0.1) is 5.92 Å². The number of rotatable bonds is 2. The molecule has 2 bridgehead atoms. The number of anilines is 1. The molecule has 0 radical (unpaired) electrons. The minimum atomic E-state index is -1.36. The van der Waals surface area contributed by atoms with Crippen LogP contribution >= 0.6 is 0 Å². The Morgan fingerprint density at radius 3 is 2.61 bits per heavy atom. The third kappa shape index (κ3) is 2.67. The number of carbonyl (C=O) groups excluding carboxylic acids is 1. The van der Waals surface area contributed by atoms with Crippen molar-refractivity contribution in [3.63, 3.8) is 0 Å². The molecular formula is C16H20F2N4O. The summed E-state index contributed by atoms with van der Waals surface area (Å²) in [6, 6.07) is 3.84. The molecule has 1 aromatic heterocycles. The molecule has 3 fully saturated rings. The Labute approximate surface area is 133 Å². The predicted octanol–water partition coefficient (Wildman–Crippen LogP) is 2.07. The van der Waals surface area contributed by atoms with Crippen LogP contribution in [0.15, 0.2) is 24.5 Å². The van der Waals surface area contributed by atoms with E-state index in [1.165, 1.54) is 0 Å². The maximum atomic E-state index is 13.4. The maximum absolute atomic E-state index is 13.4. The average molecular weight is 322 g/mol. The number of fused-ring (bicyclic) bond motifs is 2. The van der Waals surface area contributed by atoms with E-state index in [2.05, 4.69) is 10.3 Å². The standard InChI is InChI=1S/C16H20F2N4O/c17-13-8-21(9-14(13)18)15-5-12-4-10(15)7-22(12)16(23)20-11-2-1-3-19-6-11/h1-3,6,10,12-15H,4-5,7-9H2,(H,20,23)/t10?,12?,13-,14-,15?/m1/s1. The summed E-state index contributed by atoms with van der Waals surface area (Å²) in [5, 5.41) is 2.86. The molecule has 1 N–H and O–H groups in total. The second kappa shape index (κ2) is 5.70. The second-order valence-corrected chi connectivity index (χ2v) is 6.76. The fraction of sp³-hybridized carbons (Fsp3) is 0.625. The van der Waals surface area contributed by atoms with Gasteiger partial charge in [0.1, 0.15) is 12.3 Å². The van der Waals surface area contributed by atoms with Crippen molar-refractivity contribution in [1.29, 1.82) is 0 Å². The third-order valence-corrected chi connectivity index (χ3v) is 5.36. The van der Waals surface area contributed by atoms with Crippen LogP contribution < -0.4 is 5.32 Å². The Morgan fingerprint density at radius 2 is 2.00 bits per heavy atom. The molecule has 1 aliphatic carbocycles. The first-order valence-electron chi connectivity index (χ1n) is 8.11. The minimum Gasteiger partial charge on any atom is -0.321 e. The van der Waals surface area contributed by atoms with E-state index >= 15 is 0 Å². The highest BCUT2D eigenvalue weighted by Gasteiger charge is 2.50. The molecule has 2 saturated heterocycles. The number of amides is 2. The van der Waals surface area contributed by atoms with Crippen LogP contribution in [0.3, 0.4) is 0 Å². The number of hydrogen-bond acceptors (Lipinski definition) is 3. The quantitative estimate of drug-likeness (QED) is 0.907. The van der Waals surface area contributed by atoms with Gasteiger partial charge >= 0.3 is 6.03 Å². The van der Waals surface area contributed by atoms with Gasteiger partial charge in [-0.15, -0.1) is 0 Å². The van der Waals surface area contributed by atoms with Gasteiger partial charge in [0.15, 0.2) is 0 Å². The number of hydrogen-bond donors (Lipinski definition) is 1. The predicted molar refractivity (Wildman–Crippen MR) is 81.6 cm³/mol. The number of halogens is 2. The van der Waals surface area contributed by atoms with E-state index in [1.807, 2.05) is 9.80 Å². The van der Waals surface area contributed by atoms with Crippen LogP contribution in [0.1, 0.15) is 12.8 Å². The number of urea groups is 1. The van der Waals surface area contributed by atoms with Gasteiger partial charge in [-0.1, -0.05) is 0 Å². The number of aromatic nitrogens is 1. The Hall–Kier alpha value is -1.76. The SMILES string of the molecule is O=C(Nc1cccnc1)N1CC2CC1CC2N1C[C@@H](F)[C@H](F)C1. The Kier molecular flexibility index (Phi) is 3.67. The number of pyridine rings is 1. The van der Waals surface area contributed by atoms with Crippen molar-refractivity contribution < 1.29 is 13.6 Å². The summed E-state index contributed by atoms with van der Waals surface area (Å²) >= 11 is 0. The smallest absolute Gasteiger partial charge is 0.321 e. The molecule has 0 aromatic carbocycles. The summed E-state index contributed by atoms with van der Waals surface area (Å²) in [6.45, 7) is 1.04. The summed E-state index contributed by atoms with van der Waals surface area (Å²) in [7, 11) is 0. The molecule has 2 aliphatic heterocycles. The maximum Gasteiger partial charge on any atom is 0.322 e. The number of piperidine rings is 1. The molecule has 5 atom stereocenters. The molecule has 3 unspecified atom stereocenters. The van der Waals surface area contributed by atoms with Crippen LogP contribution in [-0.4, -0.2) is 64.9 Å². The Bertz CT molecular complexity index is 577. The molecule has 23 heavy (non-hydrogen) atoms. The van der Waals surface area contributed by atoms with Crippen molar-refractivity contribution in [3.05, 3.63) is 24.5 Å². The summed E-state index contributed by atoms with van der Waals surface area (Å²) in [6.07, 6.45) is 2.28. The number of alkyl halides is 2. The molecule has 3 aliphatic rings. The van der Waals surface area contributed by atoms with Crippen molar-refractivity contribution in [1.82, 2.24) is 14.8 Å². The van der Waals surface area contributed by atoms with Crippen molar-refractivity contribution in [3.8, 4) is 0 Å². The van der Waals surface area contributed by atoms with Crippen molar-refractivity contribution >= 4 is 11.7 Å². The molecule has 1 aromatic rings. The summed E-state index contributed by atoms with van der Waals surface area (Å²) in [5.74, 6) is 0.317. The van der Waals surface area contributed by atoms with E-state index < -0.39 is 12.3 Å². The van der Waals surface area contributed by atoms with Gasteiger partial charge in [0.05, 0.1) is 11.9 Å². The van der Waals surface area contributed by atoms with Gasteiger partial charge in [-0.3, -0.25) is 9.88 Å². The van der Waals surface area contributed by atoms with E-state index in [4.69, 9.17) is 0 Å². The fourth-order valence-corrected chi connectivity index (χ4v) is 4.28. The number of nitrogens with zero attached hydrogens (tertiary/aromatic N) is 3. The van der Waals surface area contributed by atoms with Crippen LogP contribution in [0.2, 0.25) is 0 Å². The van der Waals surface area contributed by atoms with Gasteiger partial charge in [-0.2, -0.15) is 0 Å². The molecule has 4 rings (SSSR count). The van der Waals surface area contributed by atoms with Crippen LogP contribution in [0.4, 0.5) is 19.3 Å². The summed E-state index contributed by atoms with van der Waals surface area (Å²) in [5.41, 5.74) is 0.678. The number of nitrogens with one attached hydrogen (secondary N) is 1. The highest BCUT2D eigenvalue weighted by molar-refractivity contribution is 5.89. The van der Waals surface area contributed by atoms with E-state index in [9.17, 15) is 13.6 Å². The molecule has 1 saturated carbocycles. The van der Waals surface area contributed by atoms with Gasteiger partial charge in [-0.25, -0.2) is 13.6 Å². The zero-order chi connectivity index (χ0) is 16.0. The van der Waals surface area contributed by atoms with Crippen LogP contribution in [0.5, 0.6) is 0 Å². The summed E-state index contributed by atoms with van der Waals surface area (Å²) < 4.78 is 26.8. The van der Waals surface area contributed by atoms with Crippen molar-refractivity contribution in [2.24, 2.45) is 5.92 Å². The monoisotopic (exact) mass is 322 g/mol. The first-order valence-corrected chi connectivity index (χ1v) is 8.11. The molecule has 0 spiro atoms. The third-order valence-electron chi connectivity index (χ3n) is 5.36. The van der Waals surface area contributed by atoms with Crippen molar-refractivity contribution in [2.75, 3.05) is 25.0 Å². The first kappa shape index (κ1) is 14.8. The van der Waals surface area contributed by atoms with Crippen LogP contribution in [-0.2, 0) is 0 Å². The van der Waals surface area contributed by atoms with Crippen molar-refractivity contribution in [2.45, 2.75) is 37.3 Å². The molecule has 124 valence electrons. The van der Waals surface area contributed by atoms with Gasteiger partial charge < -0.3 is 10.2 Å². The van der Waals surface area contributed by atoms with Gasteiger partial charge in [0.2, 0.25) is 0 Å². The zero-order valence-electron chi connectivity index (χ0n) is 12.7. The first-order chi connectivity index (χ1) is 11.1. The average Bonchev–Trinajstić information content (AvgIpc) is 3.23. The lowest BCUT2D eigenvalue weighted by Crippen LogP contribution is -2.48. The second-order valence-electron chi connectivity index (χ2n) is 6.76. The number of carbonyl (C=O) groups is 1. The molecule has 2 amide bonds. The lowest BCUT2D eigenvalue weighted by Gasteiger charge is -2.36. The molecule has 7 heteroatoms. The van der Waals surface area contributed by atoms with E-state index in [0.717, 1.165) is 12.8 Å². The number of likely N-dealkylation sites (tertiary alicyclic amines) is 2. The fourth-order valence-electron chi connectivity index (χ4n) is 4.28. The topological polar surface area (TPSA) is 48.5 Å². The molecule has 5 nitrogen and oxygen atoms in total. The normalized spacial score (nSPS) is 36.6. The molecular weight excluding hydrogens is 302 g/mol. The lowest BCUT2D eigenvalue weighted by molar-refractivity contribution is 0.126. The van der Waals surface area contributed by atoms with E-state index in [0.29, 0.717) is 18.2 Å². The zero-order valence-corrected chi connectivity index (χ0v) is 12.7. The van der Waals surface area contributed by atoms with Gasteiger partial charge in [-0.05, 0) is 30.9 Å². The summed E-state index contributed by atoms with van der Waals surface area (Å²) in [4.78, 5) is 20.2.